The molecule has 8 aromatic carbocycles. The van der Waals surface area contributed by atoms with Crippen molar-refractivity contribution < 1.29 is 4.42 Å². The van der Waals surface area contributed by atoms with Crippen LogP contribution in [0.25, 0.3) is 98.8 Å². The van der Waals surface area contributed by atoms with E-state index in [-0.39, 0.29) is 0 Å². The van der Waals surface area contributed by atoms with Crippen molar-refractivity contribution in [3.8, 4) is 22.5 Å². The van der Waals surface area contributed by atoms with E-state index in [4.69, 9.17) is 4.42 Å². The van der Waals surface area contributed by atoms with Crippen LogP contribution in [0.4, 0.5) is 0 Å². The third-order valence-corrected chi connectivity index (χ3v) is 10.3. The highest BCUT2D eigenvalue weighted by molar-refractivity contribution is 6.29. The van der Waals surface area contributed by atoms with Crippen LogP contribution in [-0.4, -0.2) is 9.13 Å². The monoisotopic (exact) mass is 624 g/mol. The summed E-state index contributed by atoms with van der Waals surface area (Å²) in [5.41, 5.74) is 11.3. The van der Waals surface area contributed by atoms with E-state index < -0.39 is 0 Å². The van der Waals surface area contributed by atoms with Gasteiger partial charge in [0.25, 0.3) is 0 Å². The van der Waals surface area contributed by atoms with Gasteiger partial charge < -0.3 is 13.6 Å². The van der Waals surface area contributed by atoms with E-state index in [2.05, 4.69) is 179 Å². The molecule has 0 amide bonds. The molecule has 0 aliphatic heterocycles. The van der Waals surface area contributed by atoms with Gasteiger partial charge in [0, 0.05) is 43.7 Å². The normalized spacial score (nSPS) is 12.1. The first-order valence-corrected chi connectivity index (χ1v) is 16.8. The fourth-order valence-electron chi connectivity index (χ4n) is 8.19. The number of hydrogen-bond acceptors (Lipinski definition) is 1. The topological polar surface area (TPSA) is 23.0 Å². The second-order valence-electron chi connectivity index (χ2n) is 12.9. The van der Waals surface area contributed by atoms with Gasteiger partial charge in [-0.3, -0.25) is 0 Å². The Morgan fingerprint density at radius 3 is 1.59 bits per heavy atom. The third-order valence-electron chi connectivity index (χ3n) is 10.3. The Morgan fingerprint density at radius 2 is 0.918 bits per heavy atom. The van der Waals surface area contributed by atoms with Gasteiger partial charge in [-0.25, -0.2) is 0 Å². The van der Waals surface area contributed by atoms with Crippen LogP contribution in [0, 0.1) is 0 Å². The highest BCUT2D eigenvalue weighted by Crippen LogP contribution is 2.43. The van der Waals surface area contributed by atoms with Gasteiger partial charge in [-0.1, -0.05) is 103 Å². The quantitative estimate of drug-likeness (QED) is 0.192. The number of furan rings is 1. The van der Waals surface area contributed by atoms with Crippen molar-refractivity contribution in [1.29, 1.82) is 0 Å². The minimum Gasteiger partial charge on any atom is -0.456 e. The molecule has 3 heteroatoms. The summed E-state index contributed by atoms with van der Waals surface area (Å²) in [5.74, 6) is 0. The van der Waals surface area contributed by atoms with Gasteiger partial charge in [-0.05, 0) is 88.6 Å². The summed E-state index contributed by atoms with van der Waals surface area (Å²) in [6.45, 7) is 0. The summed E-state index contributed by atoms with van der Waals surface area (Å²) >= 11 is 0. The molecule has 0 radical (unpaired) electrons. The molecule has 0 aliphatic rings. The summed E-state index contributed by atoms with van der Waals surface area (Å²) < 4.78 is 11.2. The lowest BCUT2D eigenvalue weighted by Gasteiger charge is -2.11. The standard InChI is InChI=1S/C46H28N2O/c1-2-13-32(14-3-1)47-38-18-8-6-15-35(38)45-40(47)25-26-41-46(45)36-16-7-9-19-39(36)48(41)33-23-21-29(22-24-33)34-17-10-20-42-44(34)37-27-30-11-4-5-12-31(30)28-43(37)49-42/h1-28H. The molecule has 0 atom stereocenters. The Bertz CT molecular complexity index is 3090. The second-order valence-corrected chi connectivity index (χ2v) is 12.9. The number of aromatic nitrogens is 2. The molecular formula is C46H28N2O. The van der Waals surface area contributed by atoms with Crippen LogP contribution in [0.15, 0.2) is 174 Å². The summed E-state index contributed by atoms with van der Waals surface area (Å²) in [5, 5.41) is 9.80. The van der Waals surface area contributed by atoms with Crippen molar-refractivity contribution in [3.63, 3.8) is 0 Å². The number of rotatable bonds is 3. The first-order valence-electron chi connectivity index (χ1n) is 16.8. The van der Waals surface area contributed by atoms with Crippen LogP contribution in [0.3, 0.4) is 0 Å². The van der Waals surface area contributed by atoms with Crippen LogP contribution in [-0.2, 0) is 0 Å². The summed E-state index contributed by atoms with van der Waals surface area (Å²) in [6, 6.07) is 61.2. The number of para-hydroxylation sites is 3. The zero-order valence-electron chi connectivity index (χ0n) is 26.5. The Labute approximate surface area is 281 Å². The van der Waals surface area contributed by atoms with Crippen molar-refractivity contribution in [3.05, 3.63) is 170 Å². The number of fused-ring (bicyclic) bond motifs is 11. The summed E-state index contributed by atoms with van der Waals surface area (Å²) in [7, 11) is 0. The smallest absolute Gasteiger partial charge is 0.136 e. The van der Waals surface area contributed by atoms with Gasteiger partial charge in [0.15, 0.2) is 0 Å². The molecule has 3 aromatic heterocycles. The molecule has 0 saturated carbocycles. The summed E-state index contributed by atoms with van der Waals surface area (Å²) in [4.78, 5) is 0. The molecule has 0 saturated heterocycles. The fraction of sp³-hybridized carbons (Fsp3) is 0. The molecule has 0 aliphatic carbocycles. The van der Waals surface area contributed by atoms with Gasteiger partial charge in [-0.15, -0.1) is 0 Å². The van der Waals surface area contributed by atoms with Gasteiger partial charge >= 0.3 is 0 Å². The van der Waals surface area contributed by atoms with Gasteiger partial charge in [0.05, 0.1) is 22.1 Å². The highest BCUT2D eigenvalue weighted by atomic mass is 16.3. The van der Waals surface area contributed by atoms with E-state index in [1.54, 1.807) is 0 Å². The van der Waals surface area contributed by atoms with Gasteiger partial charge in [0.1, 0.15) is 11.2 Å². The maximum absolute atomic E-state index is 6.39. The largest absolute Gasteiger partial charge is 0.456 e. The van der Waals surface area contributed by atoms with E-state index >= 15 is 0 Å². The van der Waals surface area contributed by atoms with Crippen molar-refractivity contribution in [2.75, 3.05) is 0 Å². The highest BCUT2D eigenvalue weighted by Gasteiger charge is 2.20. The Kier molecular flexibility index (Phi) is 5.38. The molecule has 228 valence electrons. The molecule has 11 rings (SSSR count). The van der Waals surface area contributed by atoms with Crippen LogP contribution < -0.4 is 0 Å². The van der Waals surface area contributed by atoms with Crippen LogP contribution in [0.2, 0.25) is 0 Å². The van der Waals surface area contributed by atoms with Crippen molar-refractivity contribution >= 4 is 76.3 Å². The lowest BCUT2D eigenvalue weighted by Crippen LogP contribution is -1.94. The maximum atomic E-state index is 6.39. The second kappa shape index (κ2) is 9.96. The van der Waals surface area contributed by atoms with Crippen molar-refractivity contribution in [2.24, 2.45) is 0 Å². The van der Waals surface area contributed by atoms with Crippen LogP contribution in [0.5, 0.6) is 0 Å². The minimum absolute atomic E-state index is 0.910. The first kappa shape index (κ1) is 26.5. The number of hydrogen-bond donors (Lipinski definition) is 0. The van der Waals surface area contributed by atoms with Gasteiger partial charge in [0.2, 0.25) is 0 Å². The molecule has 3 nitrogen and oxygen atoms in total. The minimum atomic E-state index is 0.910. The molecular weight excluding hydrogens is 597 g/mol. The number of benzene rings is 8. The molecule has 0 bridgehead atoms. The molecule has 49 heavy (non-hydrogen) atoms. The molecule has 0 N–H and O–H groups in total. The summed E-state index contributed by atoms with van der Waals surface area (Å²) in [6.07, 6.45) is 0. The Hall–Kier alpha value is -6.58. The molecule has 0 spiro atoms. The van der Waals surface area contributed by atoms with E-state index in [0.29, 0.717) is 0 Å². The molecule has 0 fully saturated rings. The lowest BCUT2D eigenvalue weighted by atomic mass is 9.98. The molecule has 11 aromatic rings. The Morgan fingerprint density at radius 1 is 0.347 bits per heavy atom. The molecule has 3 heterocycles. The SMILES string of the molecule is c1ccc(-n2c3ccccc3c3c4c5ccccc5n(-c5ccc(-c6cccc7oc8cc9ccccc9cc8c67)cc5)c4ccc32)cc1. The van der Waals surface area contributed by atoms with Crippen molar-refractivity contribution in [1.82, 2.24) is 9.13 Å². The van der Waals surface area contributed by atoms with Crippen LogP contribution >= 0.6 is 0 Å². The van der Waals surface area contributed by atoms with Crippen molar-refractivity contribution in [2.45, 2.75) is 0 Å². The van der Waals surface area contributed by atoms with E-state index in [1.807, 2.05) is 0 Å². The average molecular weight is 625 g/mol. The first-order chi connectivity index (χ1) is 24.3. The number of nitrogens with zero attached hydrogens (tertiary/aromatic N) is 2. The van der Waals surface area contributed by atoms with E-state index in [9.17, 15) is 0 Å². The maximum Gasteiger partial charge on any atom is 0.136 e. The van der Waals surface area contributed by atoms with Crippen LogP contribution in [0.1, 0.15) is 0 Å². The predicted molar refractivity (Wildman–Crippen MR) is 205 cm³/mol. The predicted octanol–water partition coefficient (Wildman–Crippen LogP) is 12.6. The van der Waals surface area contributed by atoms with Gasteiger partial charge in [-0.2, -0.15) is 0 Å². The van der Waals surface area contributed by atoms with E-state index in [0.717, 1.165) is 27.6 Å². The zero-order valence-corrected chi connectivity index (χ0v) is 26.5. The average Bonchev–Trinajstić information content (AvgIpc) is 3.81. The fourth-order valence-corrected chi connectivity index (χ4v) is 8.19. The molecule has 0 unspecified atom stereocenters. The zero-order chi connectivity index (χ0) is 32.1. The third kappa shape index (κ3) is 3.73. The van der Waals surface area contributed by atoms with E-state index in [1.165, 1.54) is 71.2 Å². The Balaban J connectivity index is 1.13. The lowest BCUT2D eigenvalue weighted by molar-refractivity contribution is 0.669.